The zero-order valence-corrected chi connectivity index (χ0v) is 20.2. The summed E-state index contributed by atoms with van der Waals surface area (Å²) in [5.74, 6) is 0.0562. The summed E-state index contributed by atoms with van der Waals surface area (Å²) >= 11 is 18.1. The monoisotopic (exact) mass is 503 g/mol. The summed E-state index contributed by atoms with van der Waals surface area (Å²) in [7, 11) is 0. The van der Waals surface area contributed by atoms with Crippen LogP contribution in [0.2, 0.25) is 15.1 Å². The van der Waals surface area contributed by atoms with Crippen molar-refractivity contribution in [2.75, 3.05) is 5.32 Å². The van der Waals surface area contributed by atoms with Gasteiger partial charge in [-0.1, -0.05) is 40.9 Å². The summed E-state index contributed by atoms with van der Waals surface area (Å²) in [6, 6.07) is 9.90. The van der Waals surface area contributed by atoms with Crippen LogP contribution in [0.3, 0.4) is 0 Å². The maximum Gasteiger partial charge on any atom is 0.291 e. The van der Waals surface area contributed by atoms with Gasteiger partial charge >= 0.3 is 0 Å². The van der Waals surface area contributed by atoms with Crippen LogP contribution in [0.1, 0.15) is 56.2 Å². The number of aryl methyl sites for hydroxylation is 2. The first-order valence-corrected chi connectivity index (χ1v) is 11.4. The number of furan rings is 1. The van der Waals surface area contributed by atoms with Gasteiger partial charge in [0.25, 0.3) is 11.8 Å². The number of anilines is 1. The summed E-state index contributed by atoms with van der Waals surface area (Å²) in [4.78, 5) is 25.5. The number of amides is 2. The van der Waals surface area contributed by atoms with E-state index in [9.17, 15) is 9.59 Å². The number of nitrogens with zero attached hydrogens (tertiary/aromatic N) is 1. The average molecular weight is 505 g/mol. The van der Waals surface area contributed by atoms with E-state index in [1.807, 2.05) is 13.0 Å². The molecule has 0 atom stereocenters. The summed E-state index contributed by atoms with van der Waals surface area (Å²) < 4.78 is 5.92. The summed E-state index contributed by atoms with van der Waals surface area (Å²) in [6.45, 7) is 3.69. The van der Waals surface area contributed by atoms with E-state index in [0.29, 0.717) is 45.6 Å². The van der Waals surface area contributed by atoms with Crippen molar-refractivity contribution in [1.82, 2.24) is 5.43 Å². The number of carbonyl (C=O) groups is 2. The number of halogens is 3. The van der Waals surface area contributed by atoms with Gasteiger partial charge < -0.3 is 9.73 Å². The van der Waals surface area contributed by atoms with Gasteiger partial charge in [0.1, 0.15) is 5.76 Å². The molecule has 33 heavy (non-hydrogen) atoms. The van der Waals surface area contributed by atoms with Crippen LogP contribution in [0.5, 0.6) is 0 Å². The van der Waals surface area contributed by atoms with Gasteiger partial charge in [0.15, 0.2) is 5.76 Å². The third-order valence-electron chi connectivity index (χ3n) is 5.45. The molecule has 3 aromatic rings. The largest absolute Gasteiger partial charge is 0.455 e. The maximum atomic E-state index is 13.0. The quantitative estimate of drug-likeness (QED) is 0.394. The van der Waals surface area contributed by atoms with Crippen LogP contribution in [-0.2, 0) is 6.42 Å². The lowest BCUT2D eigenvalue weighted by molar-refractivity contribution is 0.0953. The van der Waals surface area contributed by atoms with Gasteiger partial charge in [-0.15, -0.1) is 0 Å². The van der Waals surface area contributed by atoms with E-state index in [1.54, 1.807) is 25.1 Å². The van der Waals surface area contributed by atoms with Crippen molar-refractivity contribution < 1.29 is 14.0 Å². The molecule has 0 unspecified atom stereocenters. The number of nitrogens with one attached hydrogen (secondary N) is 2. The Balaban J connectivity index is 1.59. The zero-order chi connectivity index (χ0) is 23.7. The van der Waals surface area contributed by atoms with Gasteiger partial charge in [0.2, 0.25) is 0 Å². The molecular weight excluding hydrogens is 485 g/mol. The first kappa shape index (κ1) is 23.4. The summed E-state index contributed by atoms with van der Waals surface area (Å²) in [6.07, 6.45) is 2.09. The lowest BCUT2D eigenvalue weighted by atomic mass is 9.93. The van der Waals surface area contributed by atoms with E-state index >= 15 is 0 Å². The van der Waals surface area contributed by atoms with Gasteiger partial charge in [-0.05, 0) is 62.6 Å². The number of hydrogen-bond donors (Lipinski definition) is 2. The van der Waals surface area contributed by atoms with Crippen molar-refractivity contribution in [3.8, 4) is 0 Å². The normalized spacial score (nSPS) is 14.2. The topological polar surface area (TPSA) is 83.7 Å². The highest BCUT2D eigenvalue weighted by molar-refractivity contribution is 6.36. The highest BCUT2D eigenvalue weighted by Crippen LogP contribution is 2.31. The number of rotatable bonds is 4. The van der Waals surface area contributed by atoms with Crippen LogP contribution < -0.4 is 10.7 Å². The first-order chi connectivity index (χ1) is 15.7. The second-order valence-corrected chi connectivity index (χ2v) is 9.02. The fourth-order valence-corrected chi connectivity index (χ4v) is 4.42. The van der Waals surface area contributed by atoms with Crippen molar-refractivity contribution >= 4 is 58.0 Å². The van der Waals surface area contributed by atoms with Crippen molar-refractivity contribution in [2.45, 2.75) is 33.1 Å². The molecule has 0 fully saturated rings. The SMILES string of the molecule is Cc1ccc(Cl)cc1NC(=O)c1oc2c(c1C)/C(=N/NC(=O)c1ccc(Cl)cc1Cl)CCC2. The molecule has 1 aromatic heterocycles. The van der Waals surface area contributed by atoms with Crippen molar-refractivity contribution in [2.24, 2.45) is 5.10 Å². The van der Waals surface area contributed by atoms with E-state index < -0.39 is 5.91 Å². The Hall–Kier alpha value is -2.80. The highest BCUT2D eigenvalue weighted by Gasteiger charge is 2.28. The van der Waals surface area contributed by atoms with Crippen LogP contribution >= 0.6 is 34.8 Å². The standard InChI is InChI=1S/C24H20Cl3N3O3/c1-12-6-7-15(26)11-19(12)28-24(32)22-13(2)21-18(4-3-5-20(21)33-22)29-30-23(31)16-9-8-14(25)10-17(16)27/h6-11H,3-5H2,1-2H3,(H,28,32)(H,30,31)/b29-18+. The van der Waals surface area contributed by atoms with E-state index in [4.69, 9.17) is 39.2 Å². The minimum Gasteiger partial charge on any atom is -0.455 e. The molecule has 9 heteroatoms. The van der Waals surface area contributed by atoms with Crippen LogP contribution in [0.25, 0.3) is 0 Å². The van der Waals surface area contributed by atoms with E-state index in [2.05, 4.69) is 15.8 Å². The Morgan fingerprint density at radius 3 is 2.45 bits per heavy atom. The smallest absolute Gasteiger partial charge is 0.291 e. The minimum absolute atomic E-state index is 0.209. The fraction of sp³-hybridized carbons (Fsp3) is 0.208. The molecule has 4 rings (SSSR count). The Kier molecular flexibility index (Phi) is 6.79. The van der Waals surface area contributed by atoms with Gasteiger partial charge in [0, 0.05) is 33.3 Å². The molecule has 2 N–H and O–H groups in total. The molecule has 1 aliphatic carbocycles. The lowest BCUT2D eigenvalue weighted by Crippen LogP contribution is -2.22. The van der Waals surface area contributed by atoms with E-state index in [0.717, 1.165) is 17.5 Å². The number of fused-ring (bicyclic) bond motifs is 1. The van der Waals surface area contributed by atoms with Crippen molar-refractivity contribution in [3.05, 3.63) is 85.2 Å². The first-order valence-electron chi connectivity index (χ1n) is 10.3. The molecule has 170 valence electrons. The molecule has 0 bridgehead atoms. The van der Waals surface area contributed by atoms with Crippen molar-refractivity contribution in [3.63, 3.8) is 0 Å². The van der Waals surface area contributed by atoms with Gasteiger partial charge in [0.05, 0.1) is 16.3 Å². The third kappa shape index (κ3) is 4.93. The van der Waals surface area contributed by atoms with Crippen LogP contribution in [0.4, 0.5) is 5.69 Å². The summed E-state index contributed by atoms with van der Waals surface area (Å²) in [5.41, 5.74) is 6.38. The van der Waals surface area contributed by atoms with Gasteiger partial charge in [-0.2, -0.15) is 5.10 Å². The molecule has 2 aromatic carbocycles. The molecule has 1 heterocycles. The highest BCUT2D eigenvalue weighted by atomic mass is 35.5. The van der Waals surface area contributed by atoms with Gasteiger partial charge in [-0.25, -0.2) is 5.43 Å². The number of benzene rings is 2. The van der Waals surface area contributed by atoms with E-state index in [-0.39, 0.29) is 22.3 Å². The zero-order valence-electron chi connectivity index (χ0n) is 17.9. The Morgan fingerprint density at radius 1 is 0.970 bits per heavy atom. The predicted molar refractivity (Wildman–Crippen MR) is 131 cm³/mol. The maximum absolute atomic E-state index is 13.0. The predicted octanol–water partition coefficient (Wildman–Crippen LogP) is 6.58. The van der Waals surface area contributed by atoms with Crippen molar-refractivity contribution in [1.29, 1.82) is 0 Å². The third-order valence-corrected chi connectivity index (χ3v) is 6.23. The lowest BCUT2D eigenvalue weighted by Gasteiger charge is -2.13. The molecule has 0 radical (unpaired) electrons. The van der Waals surface area contributed by atoms with E-state index in [1.165, 1.54) is 12.1 Å². The molecule has 0 aliphatic heterocycles. The average Bonchev–Trinajstić information content (AvgIpc) is 3.12. The molecule has 0 saturated heterocycles. The van der Waals surface area contributed by atoms with Crippen LogP contribution in [0, 0.1) is 13.8 Å². The Labute approximate surface area is 205 Å². The summed E-state index contributed by atoms with van der Waals surface area (Å²) in [5, 5.41) is 8.38. The van der Waals surface area contributed by atoms with Crippen LogP contribution in [0.15, 0.2) is 45.9 Å². The molecule has 2 amide bonds. The molecule has 1 aliphatic rings. The van der Waals surface area contributed by atoms with Gasteiger partial charge in [-0.3, -0.25) is 9.59 Å². The Morgan fingerprint density at radius 2 is 1.70 bits per heavy atom. The number of carbonyl (C=O) groups excluding carboxylic acids is 2. The fourth-order valence-electron chi connectivity index (χ4n) is 3.76. The second kappa shape index (κ2) is 9.59. The minimum atomic E-state index is -0.452. The molecule has 6 nitrogen and oxygen atoms in total. The number of hydrazone groups is 1. The molecular formula is C24H20Cl3N3O3. The number of hydrogen-bond acceptors (Lipinski definition) is 4. The molecule has 0 saturated carbocycles. The Bertz CT molecular complexity index is 1300. The second-order valence-electron chi connectivity index (χ2n) is 7.74. The molecule has 0 spiro atoms. The van der Waals surface area contributed by atoms with Crippen LogP contribution in [-0.4, -0.2) is 17.5 Å².